The van der Waals surface area contributed by atoms with Crippen LogP contribution in [-0.2, 0) is 0 Å². The van der Waals surface area contributed by atoms with Gasteiger partial charge in [-0.3, -0.25) is 4.79 Å². The van der Waals surface area contributed by atoms with E-state index in [4.69, 9.17) is 19.2 Å². The fourth-order valence-electron chi connectivity index (χ4n) is 4.29. The number of aromatic nitrogens is 2. The molecule has 0 radical (unpaired) electrons. The second-order valence-corrected chi connectivity index (χ2v) is 8.94. The molecule has 35 heavy (non-hydrogen) atoms. The summed E-state index contributed by atoms with van der Waals surface area (Å²) in [5.74, 6) is 2.89. The van der Waals surface area contributed by atoms with Crippen LogP contribution in [0.4, 0.5) is 0 Å². The van der Waals surface area contributed by atoms with Crippen LogP contribution in [0, 0.1) is 13.8 Å². The van der Waals surface area contributed by atoms with Crippen molar-refractivity contribution in [1.29, 1.82) is 0 Å². The van der Waals surface area contributed by atoms with Gasteiger partial charge in [0.25, 0.3) is 5.56 Å². The Morgan fingerprint density at radius 2 is 1.80 bits per heavy atom. The zero-order valence-electron chi connectivity index (χ0n) is 20.5. The van der Waals surface area contributed by atoms with E-state index in [-0.39, 0.29) is 18.3 Å². The number of fused-ring (bicyclic) bond motifs is 2. The Balaban J connectivity index is 1.73. The predicted octanol–water partition coefficient (Wildman–Crippen LogP) is 5.42. The summed E-state index contributed by atoms with van der Waals surface area (Å²) >= 11 is 0. The Morgan fingerprint density at radius 1 is 1.06 bits per heavy atom. The number of para-hydroxylation sites is 1. The summed E-state index contributed by atoms with van der Waals surface area (Å²) in [7, 11) is 1.67. The fraction of sp³-hybridized carbons (Fsp3) is 0.250. The van der Waals surface area contributed by atoms with E-state index in [1.54, 1.807) is 19.4 Å². The van der Waals surface area contributed by atoms with Crippen LogP contribution >= 0.6 is 0 Å². The molecule has 1 aliphatic heterocycles. The molecule has 0 spiro atoms. The zero-order chi connectivity index (χ0) is 24.7. The molecule has 3 aromatic carbocycles. The van der Waals surface area contributed by atoms with Gasteiger partial charge < -0.3 is 14.2 Å². The van der Waals surface area contributed by atoms with Crippen molar-refractivity contribution in [3.05, 3.63) is 81.1 Å². The summed E-state index contributed by atoms with van der Waals surface area (Å²) in [6, 6.07) is 15.1. The van der Waals surface area contributed by atoms with Crippen molar-refractivity contribution in [1.82, 2.24) is 9.66 Å². The quantitative estimate of drug-likeness (QED) is 0.365. The number of rotatable bonds is 5. The van der Waals surface area contributed by atoms with Crippen molar-refractivity contribution in [2.45, 2.75) is 33.6 Å². The lowest BCUT2D eigenvalue weighted by Crippen LogP contribution is -2.21. The second-order valence-electron chi connectivity index (χ2n) is 8.94. The molecule has 0 atom stereocenters. The van der Waals surface area contributed by atoms with Gasteiger partial charge in [0.15, 0.2) is 17.3 Å². The molecule has 7 nitrogen and oxygen atoms in total. The largest absolute Gasteiger partial charge is 0.496 e. The van der Waals surface area contributed by atoms with E-state index >= 15 is 0 Å². The van der Waals surface area contributed by atoms with Crippen LogP contribution < -0.4 is 19.8 Å². The number of nitrogens with zero attached hydrogens (tertiary/aromatic N) is 3. The highest BCUT2D eigenvalue weighted by Gasteiger charge is 2.19. The Labute approximate surface area is 203 Å². The molecule has 0 aliphatic carbocycles. The normalized spacial score (nSPS) is 12.7. The van der Waals surface area contributed by atoms with Gasteiger partial charge in [0.05, 0.1) is 24.2 Å². The van der Waals surface area contributed by atoms with Crippen molar-refractivity contribution >= 4 is 17.1 Å². The third kappa shape index (κ3) is 4.03. The molecule has 178 valence electrons. The Hall–Kier alpha value is -4.13. The summed E-state index contributed by atoms with van der Waals surface area (Å²) in [6.07, 6.45) is 1.67. The second kappa shape index (κ2) is 8.91. The zero-order valence-corrected chi connectivity index (χ0v) is 20.5. The Kier molecular flexibility index (Phi) is 5.76. The first-order valence-corrected chi connectivity index (χ1v) is 11.5. The Bertz CT molecular complexity index is 1540. The lowest BCUT2D eigenvalue weighted by atomic mass is 9.96. The van der Waals surface area contributed by atoms with Gasteiger partial charge in [-0.05, 0) is 72.9 Å². The molecule has 1 aromatic heterocycles. The van der Waals surface area contributed by atoms with Gasteiger partial charge >= 0.3 is 0 Å². The number of ether oxygens (including phenoxy) is 3. The highest BCUT2D eigenvalue weighted by molar-refractivity contribution is 5.84. The van der Waals surface area contributed by atoms with Crippen LogP contribution in [0.25, 0.3) is 22.3 Å². The van der Waals surface area contributed by atoms with Gasteiger partial charge in [0.1, 0.15) is 5.75 Å². The van der Waals surface area contributed by atoms with Gasteiger partial charge in [-0.1, -0.05) is 26.0 Å². The van der Waals surface area contributed by atoms with Crippen molar-refractivity contribution < 1.29 is 14.2 Å². The maximum absolute atomic E-state index is 13.6. The summed E-state index contributed by atoms with van der Waals surface area (Å²) in [5, 5.41) is 5.14. The molecule has 7 heteroatoms. The van der Waals surface area contributed by atoms with Crippen LogP contribution in [0.15, 0.2) is 58.4 Å². The third-order valence-corrected chi connectivity index (χ3v) is 6.27. The average Bonchev–Trinajstić information content (AvgIpc) is 3.30. The monoisotopic (exact) mass is 469 g/mol. The van der Waals surface area contributed by atoms with Gasteiger partial charge in [0.2, 0.25) is 6.79 Å². The molecule has 5 rings (SSSR count). The van der Waals surface area contributed by atoms with Crippen LogP contribution in [-0.4, -0.2) is 29.8 Å². The molecule has 0 fully saturated rings. The first kappa shape index (κ1) is 22.7. The molecule has 0 N–H and O–H groups in total. The molecule has 0 saturated heterocycles. The molecular weight excluding hydrogens is 442 g/mol. The molecule has 0 unspecified atom stereocenters. The number of hydrogen-bond donors (Lipinski definition) is 0. The van der Waals surface area contributed by atoms with Crippen molar-refractivity contribution in [2.24, 2.45) is 5.10 Å². The molecule has 0 saturated carbocycles. The van der Waals surface area contributed by atoms with E-state index in [9.17, 15) is 4.79 Å². The summed E-state index contributed by atoms with van der Waals surface area (Å²) < 4.78 is 18.0. The summed E-state index contributed by atoms with van der Waals surface area (Å²) in [5.41, 5.74) is 4.99. The third-order valence-electron chi connectivity index (χ3n) is 6.27. The lowest BCUT2D eigenvalue weighted by molar-refractivity contribution is 0.174. The van der Waals surface area contributed by atoms with Gasteiger partial charge in [-0.15, -0.1) is 0 Å². The van der Waals surface area contributed by atoms with Crippen LogP contribution in [0.3, 0.4) is 0 Å². The minimum atomic E-state index is -0.235. The lowest BCUT2D eigenvalue weighted by Gasteiger charge is -2.17. The number of benzene rings is 3. The van der Waals surface area contributed by atoms with E-state index in [2.05, 4.69) is 18.9 Å². The summed E-state index contributed by atoms with van der Waals surface area (Å²) in [6.45, 7) is 8.37. The highest BCUT2D eigenvalue weighted by Crippen LogP contribution is 2.35. The van der Waals surface area contributed by atoms with Gasteiger partial charge in [0, 0.05) is 11.1 Å². The minimum Gasteiger partial charge on any atom is -0.496 e. The van der Waals surface area contributed by atoms with Crippen molar-refractivity contribution in [2.75, 3.05) is 13.9 Å². The highest BCUT2D eigenvalue weighted by atomic mass is 16.7. The van der Waals surface area contributed by atoms with Crippen molar-refractivity contribution in [3.8, 4) is 28.6 Å². The maximum atomic E-state index is 13.6. The standard InChI is InChI=1S/C28H27N3O4/c1-16(2)21-13-22(18(4)11-24(21)33-5)27-30-23-9-7-6-8-20(23)28(32)31(27)29-14-19-12-26-25(10-17(19)3)34-15-35-26/h6-14,16H,15H2,1-5H3. The maximum Gasteiger partial charge on any atom is 0.282 e. The fourth-order valence-corrected chi connectivity index (χ4v) is 4.29. The summed E-state index contributed by atoms with van der Waals surface area (Å²) in [4.78, 5) is 18.5. The van der Waals surface area contributed by atoms with Crippen LogP contribution in [0.5, 0.6) is 17.2 Å². The number of methoxy groups -OCH3 is 1. The van der Waals surface area contributed by atoms with Gasteiger partial charge in [-0.2, -0.15) is 9.78 Å². The number of aryl methyl sites for hydroxylation is 2. The Morgan fingerprint density at radius 3 is 2.54 bits per heavy atom. The molecule has 0 bridgehead atoms. The SMILES string of the molecule is COc1cc(C)c(-c2nc3ccccc3c(=O)n2N=Cc2cc3c(cc2C)OCO3)cc1C(C)C. The molecule has 4 aromatic rings. The topological polar surface area (TPSA) is 74.9 Å². The average molecular weight is 470 g/mol. The van der Waals surface area contributed by atoms with E-state index in [0.717, 1.165) is 33.6 Å². The van der Waals surface area contributed by atoms with Crippen molar-refractivity contribution in [3.63, 3.8) is 0 Å². The predicted molar refractivity (Wildman–Crippen MR) is 137 cm³/mol. The van der Waals surface area contributed by atoms with E-state index in [1.807, 2.05) is 56.3 Å². The van der Waals surface area contributed by atoms with Crippen LogP contribution in [0.2, 0.25) is 0 Å². The minimum absolute atomic E-state index is 0.197. The first-order valence-electron chi connectivity index (χ1n) is 11.5. The molecular formula is C28H27N3O4. The van der Waals surface area contributed by atoms with E-state index in [0.29, 0.717) is 28.2 Å². The van der Waals surface area contributed by atoms with Crippen LogP contribution in [0.1, 0.15) is 42.0 Å². The first-order chi connectivity index (χ1) is 16.9. The van der Waals surface area contributed by atoms with E-state index in [1.165, 1.54) is 4.68 Å². The molecule has 1 aliphatic rings. The smallest absolute Gasteiger partial charge is 0.282 e. The molecule has 0 amide bonds. The van der Waals surface area contributed by atoms with Gasteiger partial charge in [-0.25, -0.2) is 4.98 Å². The molecule has 2 heterocycles. The number of hydrogen-bond acceptors (Lipinski definition) is 6. The van der Waals surface area contributed by atoms with E-state index < -0.39 is 0 Å².